The Hall–Kier alpha value is -1.72. The Morgan fingerprint density at radius 2 is 1.58 bits per heavy atom. The molecule has 0 spiro atoms. The van der Waals surface area contributed by atoms with Gasteiger partial charge < -0.3 is 0 Å². The Balaban J connectivity index is 2.47. The lowest BCUT2D eigenvalue weighted by Crippen LogP contribution is -1.90. The summed E-state index contributed by atoms with van der Waals surface area (Å²) >= 11 is 8.51. The maximum absolute atomic E-state index is 11.1. The molecule has 5 heteroatoms. The highest BCUT2D eigenvalue weighted by Crippen LogP contribution is 2.33. The second-order valence-corrected chi connectivity index (χ2v) is 5.36. The summed E-state index contributed by atoms with van der Waals surface area (Å²) < 4.78 is 0. The molecule has 0 unspecified atom stereocenters. The second kappa shape index (κ2) is 4.43. The number of benzene rings is 3. The number of hydrogen-bond donors (Lipinski definition) is 2. The van der Waals surface area contributed by atoms with Gasteiger partial charge in [-0.1, -0.05) is 6.07 Å². The van der Waals surface area contributed by atoms with E-state index in [0.717, 1.165) is 21.1 Å². The molecule has 3 rings (SSSR count). The molecule has 0 aromatic heterocycles. The summed E-state index contributed by atoms with van der Waals surface area (Å²) in [6, 6.07) is 12.8. The van der Waals surface area contributed by atoms with Gasteiger partial charge in [0.1, 0.15) is 0 Å². The third-order valence-corrected chi connectivity index (χ3v) is 3.59. The zero-order valence-electron chi connectivity index (χ0n) is 9.70. The number of hydrogen-bond acceptors (Lipinski definition) is 4. The lowest BCUT2D eigenvalue weighted by Gasteiger charge is -2.05. The lowest BCUT2D eigenvalue weighted by atomic mass is 10.0. The van der Waals surface area contributed by atoms with Crippen LogP contribution in [-0.4, -0.2) is 4.92 Å². The molecule has 3 aromatic carbocycles. The van der Waals surface area contributed by atoms with Gasteiger partial charge in [-0.05, 0) is 46.5 Å². The van der Waals surface area contributed by atoms with E-state index in [-0.39, 0.29) is 10.6 Å². The highest BCUT2D eigenvalue weighted by Gasteiger charge is 2.13. The van der Waals surface area contributed by atoms with Crippen molar-refractivity contribution in [2.45, 2.75) is 9.79 Å². The maximum Gasteiger partial charge on any atom is 0.278 e. The highest BCUT2D eigenvalue weighted by molar-refractivity contribution is 7.80. The number of nitrogens with zero attached hydrogens (tertiary/aromatic N) is 1. The monoisotopic (exact) mass is 287 g/mol. The summed E-state index contributed by atoms with van der Waals surface area (Å²) in [5.74, 6) is 0. The molecule has 3 nitrogen and oxygen atoms in total. The van der Waals surface area contributed by atoms with Crippen molar-refractivity contribution < 1.29 is 4.92 Å². The van der Waals surface area contributed by atoms with Crippen LogP contribution in [0.2, 0.25) is 0 Å². The number of nitro benzene ring substituents is 1. The second-order valence-electron chi connectivity index (χ2n) is 4.33. The van der Waals surface area contributed by atoms with Crippen molar-refractivity contribution in [2.24, 2.45) is 0 Å². The van der Waals surface area contributed by atoms with Crippen LogP contribution < -0.4 is 0 Å². The Labute approximate surface area is 120 Å². The van der Waals surface area contributed by atoms with Gasteiger partial charge in [-0.3, -0.25) is 10.1 Å². The average Bonchev–Trinajstić information content (AvgIpc) is 2.35. The molecule has 0 aliphatic heterocycles. The Morgan fingerprint density at radius 1 is 0.842 bits per heavy atom. The number of fused-ring (bicyclic) bond motifs is 2. The molecule has 0 N–H and O–H groups in total. The molecule has 0 aliphatic carbocycles. The maximum atomic E-state index is 11.1. The van der Waals surface area contributed by atoms with Crippen LogP contribution in [0.1, 0.15) is 0 Å². The van der Waals surface area contributed by atoms with Crippen molar-refractivity contribution in [1.82, 2.24) is 0 Å². The first-order valence-electron chi connectivity index (χ1n) is 5.58. The van der Waals surface area contributed by atoms with Crippen LogP contribution in [0, 0.1) is 10.1 Å². The number of thiol groups is 2. The van der Waals surface area contributed by atoms with Gasteiger partial charge in [-0.25, -0.2) is 0 Å². The molecule has 0 heterocycles. The summed E-state index contributed by atoms with van der Waals surface area (Å²) in [6.07, 6.45) is 0. The molecular weight excluding hydrogens is 278 g/mol. The summed E-state index contributed by atoms with van der Waals surface area (Å²) in [4.78, 5) is 12.2. The molecule has 0 radical (unpaired) electrons. The molecular formula is C14H9NO2S2. The van der Waals surface area contributed by atoms with Crippen LogP contribution in [0.25, 0.3) is 21.5 Å². The smallest absolute Gasteiger partial charge is 0.258 e. The Kier molecular flexibility index (Phi) is 2.88. The lowest BCUT2D eigenvalue weighted by molar-refractivity contribution is -0.383. The molecule has 0 fully saturated rings. The van der Waals surface area contributed by atoms with Crippen molar-refractivity contribution >= 4 is 52.5 Å². The molecule has 94 valence electrons. The van der Waals surface area contributed by atoms with Gasteiger partial charge in [0.05, 0.1) is 10.3 Å². The predicted octanol–water partition coefficient (Wildman–Crippen LogP) is 4.48. The van der Waals surface area contributed by atoms with E-state index in [0.29, 0.717) is 10.3 Å². The molecule has 0 saturated carbocycles. The first-order valence-corrected chi connectivity index (χ1v) is 6.48. The van der Waals surface area contributed by atoms with Crippen LogP contribution in [0.3, 0.4) is 0 Å². The van der Waals surface area contributed by atoms with Gasteiger partial charge >= 0.3 is 0 Å². The quantitative estimate of drug-likeness (QED) is 0.300. The molecule has 0 bridgehead atoms. The average molecular weight is 287 g/mol. The standard InChI is InChI=1S/C14H9NO2S2/c16-15(17)14-7-12(19)5-10-3-8-1-2-11(18)4-9(8)6-13(10)14/h1-7,18-19H. The van der Waals surface area contributed by atoms with E-state index in [1.165, 1.54) is 6.07 Å². The van der Waals surface area contributed by atoms with Crippen LogP contribution in [0.15, 0.2) is 52.3 Å². The molecule has 3 aromatic rings. The SMILES string of the molecule is O=[N+]([O-])c1cc(S)cc2cc3ccc(S)cc3cc12. The van der Waals surface area contributed by atoms with Crippen LogP contribution in [-0.2, 0) is 0 Å². The fourth-order valence-corrected chi connectivity index (χ4v) is 2.69. The first-order chi connectivity index (χ1) is 9.04. The predicted molar refractivity (Wildman–Crippen MR) is 82.6 cm³/mol. The van der Waals surface area contributed by atoms with Crippen LogP contribution in [0.4, 0.5) is 5.69 Å². The molecule has 0 saturated heterocycles. The normalized spacial score (nSPS) is 11.1. The van der Waals surface area contributed by atoms with Crippen LogP contribution >= 0.6 is 25.3 Å². The molecule has 0 amide bonds. The summed E-state index contributed by atoms with van der Waals surface area (Å²) in [6.45, 7) is 0. The van der Waals surface area contributed by atoms with Gasteiger partial charge in [0.2, 0.25) is 0 Å². The van der Waals surface area contributed by atoms with E-state index < -0.39 is 0 Å². The fraction of sp³-hybridized carbons (Fsp3) is 0. The minimum absolute atomic E-state index is 0.0777. The van der Waals surface area contributed by atoms with Crippen molar-refractivity contribution in [2.75, 3.05) is 0 Å². The third kappa shape index (κ3) is 2.15. The fourth-order valence-electron chi connectivity index (χ4n) is 2.21. The Morgan fingerprint density at radius 3 is 2.32 bits per heavy atom. The number of rotatable bonds is 1. The van der Waals surface area contributed by atoms with Crippen molar-refractivity contribution in [1.29, 1.82) is 0 Å². The third-order valence-electron chi connectivity index (χ3n) is 3.05. The zero-order valence-corrected chi connectivity index (χ0v) is 11.5. The number of non-ortho nitro benzene ring substituents is 1. The van der Waals surface area contributed by atoms with E-state index in [1.807, 2.05) is 36.4 Å². The topological polar surface area (TPSA) is 43.1 Å². The van der Waals surface area contributed by atoms with Gasteiger partial charge in [-0.2, -0.15) is 0 Å². The molecule has 0 atom stereocenters. The van der Waals surface area contributed by atoms with Crippen LogP contribution in [0.5, 0.6) is 0 Å². The zero-order chi connectivity index (χ0) is 13.6. The van der Waals surface area contributed by atoms with Gasteiger partial charge in [0, 0.05) is 15.9 Å². The minimum Gasteiger partial charge on any atom is -0.258 e. The van der Waals surface area contributed by atoms with Crippen molar-refractivity contribution in [3.8, 4) is 0 Å². The number of nitro groups is 1. The van der Waals surface area contributed by atoms with Gasteiger partial charge in [0.15, 0.2) is 0 Å². The summed E-state index contributed by atoms with van der Waals surface area (Å²) in [5.41, 5.74) is 0.0777. The van der Waals surface area contributed by atoms with Crippen molar-refractivity contribution in [3.63, 3.8) is 0 Å². The van der Waals surface area contributed by atoms with E-state index in [4.69, 9.17) is 0 Å². The highest BCUT2D eigenvalue weighted by atomic mass is 32.1. The van der Waals surface area contributed by atoms with Gasteiger partial charge in [-0.15, -0.1) is 25.3 Å². The van der Waals surface area contributed by atoms with E-state index in [9.17, 15) is 10.1 Å². The van der Waals surface area contributed by atoms with E-state index in [2.05, 4.69) is 25.3 Å². The largest absolute Gasteiger partial charge is 0.278 e. The molecule has 19 heavy (non-hydrogen) atoms. The van der Waals surface area contributed by atoms with E-state index in [1.54, 1.807) is 0 Å². The van der Waals surface area contributed by atoms with Crippen molar-refractivity contribution in [3.05, 3.63) is 52.6 Å². The minimum atomic E-state index is -0.377. The van der Waals surface area contributed by atoms with Gasteiger partial charge in [0.25, 0.3) is 5.69 Å². The first kappa shape index (κ1) is 12.3. The summed E-state index contributed by atoms with van der Waals surface area (Å²) in [5, 5.41) is 14.5. The summed E-state index contributed by atoms with van der Waals surface area (Å²) in [7, 11) is 0. The Bertz CT molecular complexity index is 830. The molecule has 0 aliphatic rings. The van der Waals surface area contributed by atoms with E-state index >= 15 is 0 Å².